The van der Waals surface area contributed by atoms with Crippen LogP contribution in [-0.2, 0) is 16.0 Å². The molecule has 2 rings (SSSR count). The lowest BCUT2D eigenvalue weighted by atomic mass is 9.97. The zero-order valence-corrected chi connectivity index (χ0v) is 12.6. The minimum Gasteiger partial charge on any atom is -0.369 e. The van der Waals surface area contributed by atoms with Gasteiger partial charge in [0.25, 0.3) is 5.91 Å². The third-order valence-electron chi connectivity index (χ3n) is 4.11. The average Bonchev–Trinajstić information content (AvgIpc) is 2.49. The number of benzene rings is 1. The molecular formula is C16H23FN3O2+. The van der Waals surface area contributed by atoms with E-state index in [-0.39, 0.29) is 23.5 Å². The van der Waals surface area contributed by atoms with Crippen molar-refractivity contribution in [3.63, 3.8) is 0 Å². The van der Waals surface area contributed by atoms with Gasteiger partial charge in [0.15, 0.2) is 6.54 Å². The maximum absolute atomic E-state index is 13.4. The Balaban J connectivity index is 1.72. The highest BCUT2D eigenvalue weighted by atomic mass is 19.1. The van der Waals surface area contributed by atoms with E-state index in [0.29, 0.717) is 31.6 Å². The molecule has 1 saturated heterocycles. The van der Waals surface area contributed by atoms with Crippen LogP contribution >= 0.6 is 0 Å². The van der Waals surface area contributed by atoms with E-state index in [9.17, 15) is 14.0 Å². The van der Waals surface area contributed by atoms with Crippen molar-refractivity contribution in [3.05, 3.63) is 35.6 Å². The molecule has 1 aliphatic heterocycles. The molecule has 120 valence electrons. The average molecular weight is 308 g/mol. The number of carbonyl (C=O) groups excluding carboxylic acids is 2. The number of quaternary nitrogens is 1. The van der Waals surface area contributed by atoms with Gasteiger partial charge in [-0.2, -0.15) is 0 Å². The van der Waals surface area contributed by atoms with Crippen LogP contribution in [0.15, 0.2) is 24.3 Å². The molecule has 2 amide bonds. The van der Waals surface area contributed by atoms with E-state index in [1.165, 1.54) is 6.07 Å². The molecule has 4 N–H and O–H groups in total. The summed E-state index contributed by atoms with van der Waals surface area (Å²) in [4.78, 5) is 24.2. The Labute approximate surface area is 129 Å². The lowest BCUT2D eigenvalue weighted by Crippen LogP contribution is -3.15. The zero-order valence-electron chi connectivity index (χ0n) is 12.6. The summed E-state index contributed by atoms with van der Waals surface area (Å²) in [5, 5.41) is 2.81. The topological polar surface area (TPSA) is 76.6 Å². The van der Waals surface area contributed by atoms with E-state index in [1.54, 1.807) is 18.2 Å². The second-order valence-corrected chi connectivity index (χ2v) is 5.81. The summed E-state index contributed by atoms with van der Waals surface area (Å²) in [6.45, 7) is 2.24. The molecule has 0 bridgehead atoms. The molecule has 1 heterocycles. The third kappa shape index (κ3) is 4.80. The quantitative estimate of drug-likeness (QED) is 0.648. The first-order valence-corrected chi connectivity index (χ1v) is 7.69. The summed E-state index contributed by atoms with van der Waals surface area (Å²) in [5.74, 6) is -0.730. The van der Waals surface area contributed by atoms with Crippen LogP contribution in [0.2, 0.25) is 0 Å². The molecule has 1 unspecified atom stereocenters. The van der Waals surface area contributed by atoms with Gasteiger partial charge >= 0.3 is 0 Å². The van der Waals surface area contributed by atoms with Gasteiger partial charge in [-0.1, -0.05) is 18.2 Å². The van der Waals surface area contributed by atoms with Gasteiger partial charge in [-0.15, -0.1) is 0 Å². The van der Waals surface area contributed by atoms with E-state index < -0.39 is 0 Å². The molecular weight excluding hydrogens is 285 g/mol. The molecule has 6 heteroatoms. The van der Waals surface area contributed by atoms with E-state index in [0.717, 1.165) is 24.3 Å². The molecule has 0 aliphatic carbocycles. The van der Waals surface area contributed by atoms with Crippen LogP contribution in [0.1, 0.15) is 18.4 Å². The summed E-state index contributed by atoms with van der Waals surface area (Å²) in [7, 11) is 0. The minimum atomic E-state index is -0.280. The first-order valence-electron chi connectivity index (χ1n) is 7.69. The van der Waals surface area contributed by atoms with E-state index in [2.05, 4.69) is 5.32 Å². The number of halogens is 1. The Kier molecular flexibility index (Phi) is 5.89. The Morgan fingerprint density at radius 2 is 2.14 bits per heavy atom. The monoisotopic (exact) mass is 308 g/mol. The first kappa shape index (κ1) is 16.4. The number of hydrogen-bond donors (Lipinski definition) is 3. The fraction of sp³-hybridized carbons (Fsp3) is 0.500. The van der Waals surface area contributed by atoms with Gasteiger partial charge in [0.1, 0.15) is 5.82 Å². The lowest BCUT2D eigenvalue weighted by molar-refractivity contribution is -0.899. The van der Waals surface area contributed by atoms with Gasteiger partial charge in [0, 0.05) is 6.54 Å². The number of hydrogen-bond acceptors (Lipinski definition) is 2. The van der Waals surface area contributed by atoms with Crippen LogP contribution in [0.25, 0.3) is 0 Å². The van der Waals surface area contributed by atoms with Crippen molar-refractivity contribution in [1.29, 1.82) is 0 Å². The highest BCUT2D eigenvalue weighted by Crippen LogP contribution is 2.06. The van der Waals surface area contributed by atoms with Crippen LogP contribution < -0.4 is 16.0 Å². The van der Waals surface area contributed by atoms with Gasteiger partial charge in [-0.25, -0.2) is 4.39 Å². The van der Waals surface area contributed by atoms with Crippen LogP contribution in [0, 0.1) is 11.7 Å². The Hall–Kier alpha value is -1.95. The van der Waals surface area contributed by atoms with Gasteiger partial charge < -0.3 is 16.0 Å². The summed E-state index contributed by atoms with van der Waals surface area (Å²) < 4.78 is 13.4. The van der Waals surface area contributed by atoms with Crippen LogP contribution in [-0.4, -0.2) is 38.0 Å². The predicted octanol–water partition coefficient (Wildman–Crippen LogP) is -0.735. The van der Waals surface area contributed by atoms with Crippen molar-refractivity contribution in [2.24, 2.45) is 11.7 Å². The summed E-state index contributed by atoms with van der Waals surface area (Å²) in [6.07, 6.45) is 2.19. The highest BCUT2D eigenvalue weighted by Gasteiger charge is 2.28. The molecule has 1 fully saturated rings. The number of nitrogens with two attached hydrogens (primary N) is 1. The Morgan fingerprint density at radius 3 is 2.86 bits per heavy atom. The van der Waals surface area contributed by atoms with E-state index >= 15 is 0 Å². The van der Waals surface area contributed by atoms with Gasteiger partial charge in [-0.3, -0.25) is 9.59 Å². The van der Waals surface area contributed by atoms with E-state index in [4.69, 9.17) is 5.73 Å². The number of primary amides is 1. The fourth-order valence-corrected chi connectivity index (χ4v) is 2.88. The molecule has 0 aromatic heterocycles. The molecule has 0 radical (unpaired) electrons. The maximum atomic E-state index is 13.4. The number of rotatable bonds is 6. The number of carbonyl (C=O) groups is 2. The van der Waals surface area contributed by atoms with Gasteiger partial charge in [0.2, 0.25) is 5.91 Å². The second kappa shape index (κ2) is 7.89. The first-order chi connectivity index (χ1) is 10.6. The second-order valence-electron chi connectivity index (χ2n) is 5.81. The van der Waals surface area contributed by atoms with Crippen molar-refractivity contribution >= 4 is 11.8 Å². The summed E-state index contributed by atoms with van der Waals surface area (Å²) >= 11 is 0. The van der Waals surface area contributed by atoms with Crippen LogP contribution in [0.4, 0.5) is 4.39 Å². The highest BCUT2D eigenvalue weighted by molar-refractivity contribution is 5.77. The molecule has 1 aromatic rings. The van der Waals surface area contributed by atoms with Gasteiger partial charge in [-0.05, 0) is 30.9 Å². The van der Waals surface area contributed by atoms with E-state index in [1.807, 2.05) is 0 Å². The molecule has 1 aromatic carbocycles. The Morgan fingerprint density at radius 1 is 1.36 bits per heavy atom. The minimum absolute atomic E-state index is 0.0727. The molecule has 2 atom stereocenters. The number of amides is 2. The summed E-state index contributed by atoms with van der Waals surface area (Å²) in [6, 6.07) is 6.56. The Bertz CT molecular complexity index is 536. The van der Waals surface area contributed by atoms with Crippen molar-refractivity contribution in [2.45, 2.75) is 19.3 Å². The molecule has 0 spiro atoms. The van der Waals surface area contributed by atoms with Crippen molar-refractivity contribution in [2.75, 3.05) is 26.2 Å². The molecule has 1 aliphatic rings. The molecule has 5 nitrogen and oxygen atoms in total. The van der Waals surface area contributed by atoms with Crippen molar-refractivity contribution in [1.82, 2.24) is 5.32 Å². The largest absolute Gasteiger partial charge is 0.369 e. The van der Waals surface area contributed by atoms with Crippen LogP contribution in [0.5, 0.6) is 0 Å². The molecule has 0 saturated carbocycles. The normalized spacial score (nSPS) is 21.3. The lowest BCUT2D eigenvalue weighted by Gasteiger charge is -2.27. The fourth-order valence-electron chi connectivity index (χ4n) is 2.88. The van der Waals surface area contributed by atoms with Crippen molar-refractivity contribution in [3.8, 4) is 0 Å². The number of nitrogens with one attached hydrogen (secondary N) is 2. The summed E-state index contributed by atoms with van der Waals surface area (Å²) in [5.41, 5.74) is 5.93. The maximum Gasteiger partial charge on any atom is 0.275 e. The standard InChI is InChI=1S/C16H22FN3O2/c17-14-6-2-1-4-12(14)7-8-19-15(21)11-20-9-3-5-13(10-20)16(18)22/h1-2,4,6,13H,3,5,7-11H2,(H2,18,22)(H,19,21)/p+1/t13-/m1/s1. The van der Waals surface area contributed by atoms with Gasteiger partial charge in [0.05, 0.1) is 19.0 Å². The predicted molar refractivity (Wildman–Crippen MR) is 80.6 cm³/mol. The third-order valence-corrected chi connectivity index (χ3v) is 4.11. The number of piperidine rings is 1. The molecule has 22 heavy (non-hydrogen) atoms. The SMILES string of the molecule is NC(=O)[C@@H]1CCC[NH+](CC(=O)NCCc2ccccc2F)C1. The van der Waals surface area contributed by atoms with Crippen LogP contribution in [0.3, 0.4) is 0 Å². The van der Waals surface area contributed by atoms with Crippen molar-refractivity contribution < 1.29 is 18.9 Å². The smallest absolute Gasteiger partial charge is 0.275 e. The number of likely N-dealkylation sites (tertiary alicyclic amines) is 1. The zero-order chi connectivity index (χ0) is 15.9.